The van der Waals surface area contributed by atoms with Crippen LogP contribution in [0.1, 0.15) is 10.4 Å². The van der Waals surface area contributed by atoms with E-state index >= 15 is 0 Å². The van der Waals surface area contributed by atoms with Crippen LogP contribution in [-0.4, -0.2) is 46.4 Å². The van der Waals surface area contributed by atoms with E-state index in [1.54, 1.807) is 0 Å². The first-order chi connectivity index (χ1) is 12.2. The predicted octanol–water partition coefficient (Wildman–Crippen LogP) is 2.06. The second-order valence-electron chi connectivity index (χ2n) is 5.80. The van der Waals surface area contributed by atoms with Gasteiger partial charge in [0.2, 0.25) is 10.0 Å². The number of carbonyl (C=O) groups is 1. The van der Waals surface area contributed by atoms with Crippen LogP contribution in [-0.2, 0) is 10.0 Å². The molecule has 9 heteroatoms. The van der Waals surface area contributed by atoms with Gasteiger partial charge in [-0.1, -0.05) is 0 Å². The minimum Gasteiger partial charge on any atom is -0.319 e. The molecule has 26 heavy (non-hydrogen) atoms. The number of benzene rings is 2. The summed E-state index contributed by atoms with van der Waals surface area (Å²) in [7, 11) is -0.0287. The van der Waals surface area contributed by atoms with Gasteiger partial charge < -0.3 is 10.2 Å². The molecule has 0 aliphatic heterocycles. The third kappa shape index (κ3) is 5.32. The maximum absolute atomic E-state index is 13.6. The average molecular weight is 383 g/mol. The van der Waals surface area contributed by atoms with Gasteiger partial charge in [0.1, 0.15) is 11.6 Å². The molecule has 0 unspecified atom stereocenters. The fourth-order valence-electron chi connectivity index (χ4n) is 2.06. The van der Waals surface area contributed by atoms with E-state index in [0.717, 1.165) is 12.1 Å². The molecule has 1 amide bonds. The van der Waals surface area contributed by atoms with Crippen molar-refractivity contribution >= 4 is 21.6 Å². The third-order valence-electron chi connectivity index (χ3n) is 3.46. The first kappa shape index (κ1) is 20.0. The van der Waals surface area contributed by atoms with Crippen molar-refractivity contribution in [2.45, 2.75) is 4.90 Å². The molecule has 2 aromatic rings. The van der Waals surface area contributed by atoms with Crippen molar-refractivity contribution in [1.29, 1.82) is 0 Å². The summed E-state index contributed by atoms with van der Waals surface area (Å²) >= 11 is 0. The Balaban J connectivity index is 2.07. The molecular weight excluding hydrogens is 364 g/mol. The van der Waals surface area contributed by atoms with Gasteiger partial charge in [-0.25, -0.2) is 21.9 Å². The van der Waals surface area contributed by atoms with Crippen LogP contribution in [0.4, 0.5) is 14.5 Å². The molecule has 6 nitrogen and oxygen atoms in total. The molecule has 0 fully saturated rings. The monoisotopic (exact) mass is 383 g/mol. The molecule has 0 spiro atoms. The highest BCUT2D eigenvalue weighted by Crippen LogP contribution is 2.17. The molecule has 2 N–H and O–H groups in total. The number of rotatable bonds is 7. The molecule has 0 aliphatic carbocycles. The van der Waals surface area contributed by atoms with E-state index in [1.807, 2.05) is 19.0 Å². The zero-order valence-electron chi connectivity index (χ0n) is 14.3. The number of hydrogen-bond acceptors (Lipinski definition) is 4. The Morgan fingerprint density at radius 2 is 1.73 bits per heavy atom. The standard InChI is InChI=1S/C17H19F2N3O3S/c1-22(2)10-9-20-26(24,25)14-6-3-12(4-7-14)17(23)21-16-8-5-13(18)11-15(16)19/h3-8,11,20H,9-10H2,1-2H3,(H,21,23). The molecule has 0 saturated carbocycles. The lowest BCUT2D eigenvalue weighted by Crippen LogP contribution is -2.31. The fraction of sp³-hybridized carbons (Fsp3) is 0.235. The third-order valence-corrected chi connectivity index (χ3v) is 4.93. The largest absolute Gasteiger partial charge is 0.319 e. The number of halogens is 2. The van der Waals surface area contributed by atoms with Crippen molar-refractivity contribution in [2.75, 3.05) is 32.5 Å². The molecule has 0 bridgehead atoms. The van der Waals surface area contributed by atoms with Gasteiger partial charge in [-0.05, 0) is 50.5 Å². The SMILES string of the molecule is CN(C)CCNS(=O)(=O)c1ccc(C(=O)Nc2ccc(F)cc2F)cc1. The van der Waals surface area contributed by atoms with E-state index in [1.165, 1.54) is 24.3 Å². The molecule has 0 heterocycles. The van der Waals surface area contributed by atoms with Gasteiger partial charge in [0.25, 0.3) is 5.91 Å². The summed E-state index contributed by atoms with van der Waals surface area (Å²) in [5.74, 6) is -2.29. The van der Waals surface area contributed by atoms with Crippen LogP contribution >= 0.6 is 0 Å². The van der Waals surface area contributed by atoms with Crippen LogP contribution in [0.25, 0.3) is 0 Å². The van der Waals surface area contributed by atoms with E-state index in [0.29, 0.717) is 12.6 Å². The normalized spacial score (nSPS) is 11.6. The van der Waals surface area contributed by atoms with E-state index in [-0.39, 0.29) is 22.7 Å². The number of anilines is 1. The average Bonchev–Trinajstić information content (AvgIpc) is 2.57. The number of hydrogen-bond donors (Lipinski definition) is 2. The smallest absolute Gasteiger partial charge is 0.255 e. The molecule has 2 aromatic carbocycles. The minimum absolute atomic E-state index is 0.0146. The van der Waals surface area contributed by atoms with Gasteiger partial charge in [-0.3, -0.25) is 4.79 Å². The number of likely N-dealkylation sites (N-methyl/N-ethyl adjacent to an activating group) is 1. The highest BCUT2D eigenvalue weighted by molar-refractivity contribution is 7.89. The highest BCUT2D eigenvalue weighted by atomic mass is 32.2. The Morgan fingerprint density at radius 3 is 2.31 bits per heavy atom. The van der Waals surface area contributed by atoms with E-state index in [4.69, 9.17) is 0 Å². The maximum atomic E-state index is 13.6. The summed E-state index contributed by atoms with van der Waals surface area (Å²) in [6.07, 6.45) is 0. The molecule has 2 rings (SSSR count). The topological polar surface area (TPSA) is 78.5 Å². The molecular formula is C17H19F2N3O3S. The number of amides is 1. The van der Waals surface area contributed by atoms with Crippen molar-refractivity contribution in [3.8, 4) is 0 Å². The molecule has 0 aliphatic rings. The number of carbonyl (C=O) groups excluding carboxylic acids is 1. The Hall–Kier alpha value is -2.36. The van der Waals surface area contributed by atoms with Crippen LogP contribution in [0.5, 0.6) is 0 Å². The zero-order valence-corrected chi connectivity index (χ0v) is 15.1. The summed E-state index contributed by atoms with van der Waals surface area (Å²) < 4.78 is 53.2. The Kier molecular flexibility index (Phi) is 6.41. The summed E-state index contributed by atoms with van der Waals surface area (Å²) in [6.45, 7) is 0.796. The number of sulfonamides is 1. The van der Waals surface area contributed by atoms with E-state index in [9.17, 15) is 22.0 Å². The minimum atomic E-state index is -3.68. The van der Waals surface area contributed by atoms with Crippen molar-refractivity contribution in [3.63, 3.8) is 0 Å². The second-order valence-corrected chi connectivity index (χ2v) is 7.57. The molecule has 0 atom stereocenters. The van der Waals surface area contributed by atoms with Gasteiger partial charge >= 0.3 is 0 Å². The molecule has 0 radical (unpaired) electrons. The van der Waals surface area contributed by atoms with Crippen molar-refractivity contribution in [3.05, 3.63) is 59.7 Å². The summed E-state index contributed by atoms with van der Waals surface area (Å²) in [5.41, 5.74) is -0.0283. The highest BCUT2D eigenvalue weighted by Gasteiger charge is 2.15. The fourth-order valence-corrected chi connectivity index (χ4v) is 3.08. The van der Waals surface area contributed by atoms with Crippen LogP contribution in [0.2, 0.25) is 0 Å². The summed E-state index contributed by atoms with van der Waals surface area (Å²) in [5, 5.41) is 2.31. The predicted molar refractivity (Wildman–Crippen MR) is 94.5 cm³/mol. The summed E-state index contributed by atoms with van der Waals surface area (Å²) in [6, 6.07) is 7.99. The number of nitrogens with one attached hydrogen (secondary N) is 2. The lowest BCUT2D eigenvalue weighted by Gasteiger charge is -2.11. The van der Waals surface area contributed by atoms with Crippen molar-refractivity contribution in [1.82, 2.24) is 9.62 Å². The van der Waals surface area contributed by atoms with Gasteiger partial charge in [-0.15, -0.1) is 0 Å². The van der Waals surface area contributed by atoms with Crippen molar-refractivity contribution < 1.29 is 22.0 Å². The molecule has 140 valence electrons. The van der Waals surface area contributed by atoms with E-state index < -0.39 is 27.6 Å². The van der Waals surface area contributed by atoms with Crippen LogP contribution in [0.3, 0.4) is 0 Å². The van der Waals surface area contributed by atoms with Gasteiger partial charge in [0.15, 0.2) is 0 Å². The van der Waals surface area contributed by atoms with Gasteiger partial charge in [-0.2, -0.15) is 0 Å². The maximum Gasteiger partial charge on any atom is 0.255 e. The van der Waals surface area contributed by atoms with Gasteiger partial charge in [0, 0.05) is 24.7 Å². The van der Waals surface area contributed by atoms with Gasteiger partial charge in [0.05, 0.1) is 10.6 Å². The quantitative estimate of drug-likeness (QED) is 0.767. The molecule has 0 aromatic heterocycles. The lowest BCUT2D eigenvalue weighted by atomic mass is 10.2. The Labute approximate surface area is 150 Å². The first-order valence-electron chi connectivity index (χ1n) is 7.70. The van der Waals surface area contributed by atoms with Crippen LogP contribution < -0.4 is 10.0 Å². The van der Waals surface area contributed by atoms with E-state index in [2.05, 4.69) is 10.0 Å². The summed E-state index contributed by atoms with van der Waals surface area (Å²) in [4.78, 5) is 14.0. The van der Waals surface area contributed by atoms with Crippen LogP contribution in [0.15, 0.2) is 47.4 Å². The zero-order chi connectivity index (χ0) is 19.3. The second kappa shape index (κ2) is 8.35. The molecule has 0 saturated heterocycles. The van der Waals surface area contributed by atoms with Crippen LogP contribution in [0, 0.1) is 11.6 Å². The Morgan fingerprint density at radius 1 is 1.08 bits per heavy atom. The Bertz CT molecular complexity index is 885. The lowest BCUT2D eigenvalue weighted by molar-refractivity contribution is 0.102. The van der Waals surface area contributed by atoms with Crippen molar-refractivity contribution in [2.24, 2.45) is 0 Å². The number of nitrogens with zero attached hydrogens (tertiary/aromatic N) is 1. The first-order valence-corrected chi connectivity index (χ1v) is 9.18.